The third kappa shape index (κ3) is 3.15. The lowest BCUT2D eigenvalue weighted by Gasteiger charge is -2.16. The second-order valence-corrected chi connectivity index (χ2v) is 7.25. The Labute approximate surface area is 114 Å². The van der Waals surface area contributed by atoms with Crippen molar-refractivity contribution in [3.05, 3.63) is 19.2 Å². The number of Topliss-reactive ketones (excluding diaryl/α,β-unsaturated/α-hetero) is 1. The Morgan fingerprint density at radius 1 is 1.44 bits per heavy atom. The highest BCUT2D eigenvalue weighted by molar-refractivity contribution is 9.13. The van der Waals surface area contributed by atoms with Gasteiger partial charge in [-0.1, -0.05) is 0 Å². The molecule has 0 spiro atoms. The minimum atomic E-state index is -1.03. The Balaban J connectivity index is 2.84. The van der Waals surface area contributed by atoms with E-state index in [1.807, 2.05) is 0 Å². The summed E-state index contributed by atoms with van der Waals surface area (Å²) in [5, 5.41) is 8.93. The average molecular weight is 370 g/mol. The second-order valence-electron chi connectivity index (χ2n) is 4.02. The predicted molar refractivity (Wildman–Crippen MR) is 70.1 cm³/mol. The van der Waals surface area contributed by atoms with Crippen molar-refractivity contribution in [1.29, 1.82) is 0 Å². The topological polar surface area (TPSA) is 54.4 Å². The molecule has 1 rings (SSSR count). The lowest BCUT2D eigenvalue weighted by atomic mass is 9.87. The van der Waals surface area contributed by atoms with E-state index in [4.69, 9.17) is 5.11 Å². The van der Waals surface area contributed by atoms with Gasteiger partial charge in [0.05, 0.1) is 14.1 Å². The molecule has 6 heteroatoms. The van der Waals surface area contributed by atoms with Crippen LogP contribution in [-0.4, -0.2) is 16.9 Å². The molecule has 0 radical (unpaired) electrons. The number of thiophene rings is 1. The van der Waals surface area contributed by atoms with Crippen LogP contribution in [0, 0.1) is 5.41 Å². The van der Waals surface area contributed by atoms with Crippen molar-refractivity contribution in [3.8, 4) is 0 Å². The van der Waals surface area contributed by atoms with Crippen LogP contribution in [-0.2, 0) is 4.79 Å². The number of halogens is 2. The summed E-state index contributed by atoms with van der Waals surface area (Å²) in [6, 6.07) is 1.70. The average Bonchev–Trinajstić information content (AvgIpc) is 2.46. The monoisotopic (exact) mass is 368 g/mol. The van der Waals surface area contributed by atoms with Crippen LogP contribution in [0.2, 0.25) is 0 Å². The van der Waals surface area contributed by atoms with Crippen molar-refractivity contribution < 1.29 is 14.7 Å². The van der Waals surface area contributed by atoms with Crippen LogP contribution in [0.4, 0.5) is 0 Å². The Morgan fingerprint density at radius 3 is 2.38 bits per heavy atom. The van der Waals surface area contributed by atoms with Gasteiger partial charge >= 0.3 is 5.97 Å². The van der Waals surface area contributed by atoms with Gasteiger partial charge in [0, 0.05) is 10.9 Å². The van der Waals surface area contributed by atoms with Crippen LogP contribution in [0.25, 0.3) is 0 Å². The van der Waals surface area contributed by atoms with Crippen LogP contribution in [0.3, 0.4) is 0 Å². The van der Waals surface area contributed by atoms with E-state index in [2.05, 4.69) is 31.9 Å². The highest BCUT2D eigenvalue weighted by Gasteiger charge is 2.31. The zero-order valence-corrected chi connectivity index (χ0v) is 12.7. The summed E-state index contributed by atoms with van der Waals surface area (Å²) in [6.07, 6.45) is 0.00171. The van der Waals surface area contributed by atoms with Crippen LogP contribution >= 0.6 is 43.2 Å². The predicted octanol–water partition coefficient (Wildman–Crippen LogP) is 3.96. The van der Waals surface area contributed by atoms with Gasteiger partial charge < -0.3 is 5.11 Å². The molecule has 0 aromatic carbocycles. The van der Waals surface area contributed by atoms with Crippen molar-refractivity contribution in [2.45, 2.75) is 20.3 Å². The number of hydrogen-bond donors (Lipinski definition) is 1. The molecule has 0 atom stereocenters. The van der Waals surface area contributed by atoms with E-state index in [9.17, 15) is 9.59 Å². The zero-order chi connectivity index (χ0) is 12.5. The van der Waals surface area contributed by atoms with Crippen molar-refractivity contribution in [2.24, 2.45) is 5.41 Å². The van der Waals surface area contributed by atoms with Gasteiger partial charge in [-0.3, -0.25) is 9.59 Å². The SMILES string of the molecule is CC(C)(CC(=O)c1cc(Br)c(Br)s1)C(=O)O. The molecule has 0 saturated carbocycles. The van der Waals surface area contributed by atoms with Gasteiger partial charge in [-0.05, 0) is 51.8 Å². The number of carboxylic acids is 1. The van der Waals surface area contributed by atoms with Gasteiger partial charge in [-0.25, -0.2) is 0 Å². The Hall–Kier alpha value is -0.200. The smallest absolute Gasteiger partial charge is 0.309 e. The van der Waals surface area contributed by atoms with E-state index < -0.39 is 11.4 Å². The molecular formula is C10H10Br2O3S. The van der Waals surface area contributed by atoms with Crippen LogP contribution < -0.4 is 0 Å². The summed E-state index contributed by atoms with van der Waals surface area (Å²) >= 11 is 7.89. The van der Waals surface area contributed by atoms with Crippen LogP contribution in [0.1, 0.15) is 29.9 Å². The zero-order valence-electron chi connectivity index (χ0n) is 8.71. The third-order valence-corrected chi connectivity index (χ3v) is 5.40. The summed E-state index contributed by atoms with van der Waals surface area (Å²) < 4.78 is 1.65. The third-order valence-electron chi connectivity index (χ3n) is 2.10. The molecule has 0 bridgehead atoms. The Morgan fingerprint density at radius 2 is 2.00 bits per heavy atom. The van der Waals surface area contributed by atoms with Crippen molar-refractivity contribution in [3.63, 3.8) is 0 Å². The molecule has 0 unspecified atom stereocenters. The maximum absolute atomic E-state index is 11.8. The van der Waals surface area contributed by atoms with Gasteiger partial charge in [0.1, 0.15) is 0 Å². The van der Waals surface area contributed by atoms with E-state index in [0.29, 0.717) is 4.88 Å². The lowest BCUT2D eigenvalue weighted by molar-refractivity contribution is -0.146. The number of hydrogen-bond acceptors (Lipinski definition) is 3. The lowest BCUT2D eigenvalue weighted by Crippen LogP contribution is -2.26. The fourth-order valence-electron chi connectivity index (χ4n) is 1.05. The van der Waals surface area contributed by atoms with Gasteiger partial charge in [-0.15, -0.1) is 11.3 Å². The maximum atomic E-state index is 11.8. The summed E-state index contributed by atoms with van der Waals surface area (Å²) in [5.41, 5.74) is -1.03. The molecule has 1 aromatic heterocycles. The first-order chi connectivity index (χ1) is 7.24. The standard InChI is InChI=1S/C10H10Br2O3S/c1-10(2,9(14)15)4-6(13)7-3-5(11)8(12)16-7/h3H,4H2,1-2H3,(H,14,15). The number of rotatable bonds is 4. The van der Waals surface area contributed by atoms with Gasteiger partial charge in [-0.2, -0.15) is 0 Å². The Bertz CT molecular complexity index is 418. The molecule has 16 heavy (non-hydrogen) atoms. The van der Waals surface area contributed by atoms with E-state index >= 15 is 0 Å². The fourth-order valence-corrected chi connectivity index (χ4v) is 3.02. The van der Waals surface area contributed by atoms with E-state index in [0.717, 1.165) is 8.26 Å². The molecule has 88 valence electrons. The molecule has 0 saturated heterocycles. The number of carbonyl (C=O) groups excluding carboxylic acids is 1. The van der Waals surface area contributed by atoms with Crippen LogP contribution in [0.15, 0.2) is 14.3 Å². The molecule has 0 aliphatic carbocycles. The Kier molecular flexibility index (Phi) is 4.31. The minimum absolute atomic E-state index is 0.00171. The molecule has 0 amide bonds. The van der Waals surface area contributed by atoms with Gasteiger partial charge in [0.15, 0.2) is 5.78 Å². The highest BCUT2D eigenvalue weighted by atomic mass is 79.9. The van der Waals surface area contributed by atoms with Crippen molar-refractivity contribution in [2.75, 3.05) is 0 Å². The molecule has 1 N–H and O–H groups in total. The summed E-state index contributed by atoms with van der Waals surface area (Å²) in [6.45, 7) is 3.09. The fraction of sp³-hybridized carbons (Fsp3) is 0.400. The molecule has 1 heterocycles. The quantitative estimate of drug-likeness (QED) is 0.817. The molecule has 0 fully saturated rings. The van der Waals surface area contributed by atoms with Crippen molar-refractivity contribution in [1.82, 2.24) is 0 Å². The van der Waals surface area contributed by atoms with Gasteiger partial charge in [0.2, 0.25) is 0 Å². The minimum Gasteiger partial charge on any atom is -0.481 e. The first-order valence-electron chi connectivity index (χ1n) is 4.45. The number of ketones is 1. The van der Waals surface area contributed by atoms with E-state index in [1.165, 1.54) is 11.3 Å². The summed E-state index contributed by atoms with van der Waals surface area (Å²) in [7, 11) is 0. The number of carboxylic acid groups (broad SMARTS) is 1. The van der Waals surface area contributed by atoms with E-state index in [1.54, 1.807) is 19.9 Å². The molecule has 1 aromatic rings. The van der Waals surface area contributed by atoms with E-state index in [-0.39, 0.29) is 12.2 Å². The number of aliphatic carboxylic acids is 1. The second kappa shape index (κ2) is 4.98. The molecule has 0 aliphatic rings. The maximum Gasteiger partial charge on any atom is 0.309 e. The van der Waals surface area contributed by atoms with Crippen molar-refractivity contribution >= 4 is 54.9 Å². The normalized spacial score (nSPS) is 11.5. The molecule has 0 aliphatic heterocycles. The van der Waals surface area contributed by atoms with Gasteiger partial charge in [0.25, 0.3) is 0 Å². The molecule has 3 nitrogen and oxygen atoms in total. The summed E-state index contributed by atoms with van der Waals surface area (Å²) in [4.78, 5) is 23.3. The molecular weight excluding hydrogens is 360 g/mol. The first-order valence-corrected chi connectivity index (χ1v) is 6.86. The highest BCUT2D eigenvalue weighted by Crippen LogP contribution is 2.34. The first kappa shape index (κ1) is 13.9. The number of carbonyl (C=O) groups is 2. The largest absolute Gasteiger partial charge is 0.481 e. The summed E-state index contributed by atoms with van der Waals surface area (Å²) in [5.74, 6) is -1.11. The van der Waals surface area contributed by atoms with Crippen LogP contribution in [0.5, 0.6) is 0 Å².